The van der Waals surface area contributed by atoms with E-state index in [1.807, 2.05) is 30.3 Å². The van der Waals surface area contributed by atoms with Gasteiger partial charge in [-0.3, -0.25) is 14.4 Å². The third-order valence-corrected chi connectivity index (χ3v) is 4.63. The van der Waals surface area contributed by atoms with E-state index in [2.05, 4.69) is 10.3 Å². The third-order valence-electron chi connectivity index (χ3n) is 4.63. The number of hydrogen-bond acceptors (Lipinski definition) is 4. The van der Waals surface area contributed by atoms with E-state index in [1.54, 1.807) is 7.11 Å². The molecule has 1 unspecified atom stereocenters. The molecule has 1 aromatic carbocycles. The van der Waals surface area contributed by atoms with Crippen molar-refractivity contribution in [3.8, 4) is 0 Å². The quantitative estimate of drug-likeness (QED) is 0.777. The number of ether oxygens (including phenoxy) is 1. The van der Waals surface area contributed by atoms with Crippen LogP contribution in [0.1, 0.15) is 50.7 Å². The molecule has 0 saturated heterocycles. The lowest BCUT2D eigenvalue weighted by Crippen LogP contribution is -2.33. The van der Waals surface area contributed by atoms with E-state index in [-0.39, 0.29) is 17.3 Å². The molecular formula is C20H22N2O4. The lowest BCUT2D eigenvalue weighted by atomic mass is 9.81. The molecule has 1 aromatic heterocycles. The molecule has 2 aromatic rings. The van der Waals surface area contributed by atoms with Crippen LogP contribution in [-0.4, -0.2) is 36.9 Å². The van der Waals surface area contributed by atoms with Crippen LogP contribution in [0.2, 0.25) is 0 Å². The number of fused-ring (bicyclic) bond motifs is 1. The average Bonchev–Trinajstić information content (AvgIpc) is 2.65. The molecule has 2 N–H and O–H groups in total. The number of H-pyrrole nitrogens is 1. The molecule has 26 heavy (non-hydrogen) atoms. The fraction of sp³-hybridized carbons (Fsp3) is 0.350. The molecule has 0 radical (unpaired) electrons. The number of aromatic amines is 1. The summed E-state index contributed by atoms with van der Waals surface area (Å²) < 4.78 is 4.92. The predicted molar refractivity (Wildman–Crippen MR) is 97.7 cm³/mol. The Morgan fingerprint density at radius 1 is 1.23 bits per heavy atom. The number of methoxy groups -OCH3 is 1. The van der Waals surface area contributed by atoms with Crippen molar-refractivity contribution in [2.24, 2.45) is 0 Å². The molecule has 1 amide bonds. The van der Waals surface area contributed by atoms with E-state index in [4.69, 9.17) is 4.74 Å². The molecule has 0 spiro atoms. The highest BCUT2D eigenvalue weighted by Crippen LogP contribution is 2.31. The van der Waals surface area contributed by atoms with Crippen LogP contribution < -0.4 is 10.9 Å². The Hall–Kier alpha value is -2.73. The summed E-state index contributed by atoms with van der Waals surface area (Å²) >= 11 is 0. The van der Waals surface area contributed by atoms with Crippen molar-refractivity contribution in [2.75, 3.05) is 20.3 Å². The maximum Gasteiger partial charge on any atom is 0.261 e. The number of ketones is 1. The molecule has 1 aliphatic rings. The van der Waals surface area contributed by atoms with Crippen LogP contribution in [0.25, 0.3) is 0 Å². The minimum Gasteiger partial charge on any atom is -0.385 e. The number of hydrogen-bond donors (Lipinski definition) is 2. The zero-order valence-corrected chi connectivity index (χ0v) is 14.7. The van der Waals surface area contributed by atoms with Crippen LogP contribution >= 0.6 is 0 Å². The van der Waals surface area contributed by atoms with E-state index in [1.165, 1.54) is 6.07 Å². The molecular weight excluding hydrogens is 332 g/mol. The smallest absolute Gasteiger partial charge is 0.261 e. The molecule has 136 valence electrons. The van der Waals surface area contributed by atoms with Gasteiger partial charge in [-0.2, -0.15) is 0 Å². The molecule has 1 aliphatic carbocycles. The second kappa shape index (κ2) is 8.10. The third kappa shape index (κ3) is 3.91. The minimum atomic E-state index is -0.469. The van der Waals surface area contributed by atoms with Crippen LogP contribution in [0.3, 0.4) is 0 Å². The maximum atomic E-state index is 12.6. The van der Waals surface area contributed by atoms with Gasteiger partial charge in [0.2, 0.25) is 0 Å². The van der Waals surface area contributed by atoms with E-state index in [9.17, 15) is 14.4 Å². The van der Waals surface area contributed by atoms with Gasteiger partial charge in [-0.1, -0.05) is 30.3 Å². The number of rotatable bonds is 6. The van der Waals surface area contributed by atoms with Crippen LogP contribution in [0.15, 0.2) is 41.2 Å². The number of Topliss-reactive ketones (excluding diaryl/α,β-unsaturated/α-hetero) is 1. The minimum absolute atomic E-state index is 0.0207. The van der Waals surface area contributed by atoms with E-state index in [0.717, 1.165) is 5.56 Å². The first-order chi connectivity index (χ1) is 12.6. The van der Waals surface area contributed by atoms with E-state index < -0.39 is 11.5 Å². The highest BCUT2D eigenvalue weighted by Gasteiger charge is 2.28. The molecule has 0 saturated carbocycles. The number of carbonyl (C=O) groups is 2. The maximum absolute atomic E-state index is 12.6. The largest absolute Gasteiger partial charge is 0.385 e. The molecule has 6 heteroatoms. The van der Waals surface area contributed by atoms with Crippen molar-refractivity contribution in [1.29, 1.82) is 0 Å². The Morgan fingerprint density at radius 2 is 2.00 bits per heavy atom. The number of amides is 1. The van der Waals surface area contributed by atoms with Crippen molar-refractivity contribution in [2.45, 2.75) is 25.2 Å². The zero-order valence-electron chi connectivity index (χ0n) is 14.7. The topological polar surface area (TPSA) is 88.3 Å². The molecule has 0 bridgehead atoms. The summed E-state index contributed by atoms with van der Waals surface area (Å²) in [5.74, 6) is -0.478. The molecule has 6 nitrogen and oxygen atoms in total. The van der Waals surface area contributed by atoms with Gasteiger partial charge in [-0.25, -0.2) is 0 Å². The van der Waals surface area contributed by atoms with Crippen LogP contribution in [0.4, 0.5) is 0 Å². The molecule has 3 rings (SSSR count). The summed E-state index contributed by atoms with van der Waals surface area (Å²) in [7, 11) is 1.59. The fourth-order valence-electron chi connectivity index (χ4n) is 3.27. The Balaban J connectivity index is 1.80. The number of aromatic nitrogens is 1. The SMILES string of the molecule is COCCCNC(=O)c1cc2c([nH]c1=O)CC(c1ccccc1)CC2=O. The predicted octanol–water partition coefficient (Wildman–Crippen LogP) is 2.05. The summed E-state index contributed by atoms with van der Waals surface area (Å²) in [5, 5.41) is 2.68. The van der Waals surface area contributed by atoms with Gasteiger partial charge in [-0.05, 0) is 30.4 Å². The van der Waals surface area contributed by atoms with Gasteiger partial charge in [0.1, 0.15) is 5.56 Å². The second-order valence-corrected chi connectivity index (χ2v) is 6.45. The Morgan fingerprint density at radius 3 is 2.73 bits per heavy atom. The number of carbonyl (C=O) groups excluding carboxylic acids is 2. The summed E-state index contributed by atoms with van der Waals surface area (Å²) in [6.45, 7) is 0.938. The van der Waals surface area contributed by atoms with Crippen molar-refractivity contribution >= 4 is 11.7 Å². The van der Waals surface area contributed by atoms with Gasteiger partial charge < -0.3 is 15.0 Å². The zero-order chi connectivity index (χ0) is 18.5. The van der Waals surface area contributed by atoms with Crippen LogP contribution in [-0.2, 0) is 11.2 Å². The first kappa shape index (κ1) is 18.1. The Labute approximate surface area is 151 Å². The first-order valence-electron chi connectivity index (χ1n) is 8.71. The standard InChI is InChI=1S/C20H22N2O4/c1-26-9-5-8-21-19(24)16-12-15-17(22-20(16)25)10-14(11-18(15)23)13-6-3-2-4-7-13/h2-4,6-7,12,14H,5,8-11H2,1H3,(H,21,24)(H,22,25). The summed E-state index contributed by atoms with van der Waals surface area (Å²) in [6.07, 6.45) is 1.61. The highest BCUT2D eigenvalue weighted by atomic mass is 16.5. The summed E-state index contributed by atoms with van der Waals surface area (Å²) in [4.78, 5) is 39.9. The molecule has 0 aliphatic heterocycles. The number of nitrogens with one attached hydrogen (secondary N) is 2. The van der Waals surface area contributed by atoms with Crippen molar-refractivity contribution in [3.05, 3.63) is 69.1 Å². The fourth-order valence-corrected chi connectivity index (χ4v) is 3.27. The van der Waals surface area contributed by atoms with Gasteiger partial charge in [0.05, 0.1) is 0 Å². The molecule has 1 atom stereocenters. The first-order valence-corrected chi connectivity index (χ1v) is 8.71. The van der Waals surface area contributed by atoms with Gasteiger partial charge in [-0.15, -0.1) is 0 Å². The number of benzene rings is 1. The van der Waals surface area contributed by atoms with Gasteiger partial charge in [0.15, 0.2) is 5.78 Å². The Kier molecular flexibility index (Phi) is 5.63. The molecule has 0 fully saturated rings. The average molecular weight is 354 g/mol. The normalized spacial score (nSPS) is 16.2. The van der Waals surface area contributed by atoms with Crippen molar-refractivity contribution in [3.63, 3.8) is 0 Å². The monoisotopic (exact) mass is 354 g/mol. The van der Waals surface area contributed by atoms with Gasteiger partial charge >= 0.3 is 0 Å². The van der Waals surface area contributed by atoms with Gasteiger partial charge in [0, 0.05) is 37.9 Å². The second-order valence-electron chi connectivity index (χ2n) is 6.45. The number of pyridine rings is 1. The summed E-state index contributed by atoms with van der Waals surface area (Å²) in [5.41, 5.74) is 1.64. The van der Waals surface area contributed by atoms with E-state index >= 15 is 0 Å². The van der Waals surface area contributed by atoms with Crippen molar-refractivity contribution in [1.82, 2.24) is 10.3 Å². The van der Waals surface area contributed by atoms with Crippen LogP contribution in [0, 0.1) is 0 Å². The summed E-state index contributed by atoms with van der Waals surface area (Å²) in [6, 6.07) is 11.2. The highest BCUT2D eigenvalue weighted by molar-refractivity contribution is 6.02. The Bertz CT molecular complexity index is 858. The lowest BCUT2D eigenvalue weighted by Gasteiger charge is -2.24. The van der Waals surface area contributed by atoms with Gasteiger partial charge in [0.25, 0.3) is 11.5 Å². The van der Waals surface area contributed by atoms with E-state index in [0.29, 0.717) is 43.7 Å². The molecule has 1 heterocycles. The van der Waals surface area contributed by atoms with Crippen molar-refractivity contribution < 1.29 is 14.3 Å². The van der Waals surface area contributed by atoms with Crippen LogP contribution in [0.5, 0.6) is 0 Å². The lowest BCUT2D eigenvalue weighted by molar-refractivity contribution is 0.0947.